The molecule has 0 saturated carbocycles. The van der Waals surface area contributed by atoms with Gasteiger partial charge in [-0.2, -0.15) is 0 Å². The highest BCUT2D eigenvalue weighted by Gasteiger charge is 2.31. The molecule has 0 spiro atoms. The molecule has 104 valence electrons. The Kier molecular flexibility index (Phi) is 4.36. The first kappa shape index (κ1) is 13.8. The number of aromatic nitrogens is 1. The molecule has 1 aliphatic heterocycles. The molecule has 2 N–H and O–H groups in total. The van der Waals surface area contributed by atoms with E-state index in [2.05, 4.69) is 17.2 Å². The van der Waals surface area contributed by atoms with Crippen LogP contribution in [0.2, 0.25) is 0 Å². The van der Waals surface area contributed by atoms with Crippen molar-refractivity contribution in [3.63, 3.8) is 0 Å². The van der Waals surface area contributed by atoms with Crippen molar-refractivity contribution in [3.8, 4) is 0 Å². The summed E-state index contributed by atoms with van der Waals surface area (Å²) in [4.78, 5) is 29.3. The summed E-state index contributed by atoms with van der Waals surface area (Å²) in [7, 11) is 0. The van der Waals surface area contributed by atoms with E-state index in [0.717, 1.165) is 11.4 Å². The zero-order valence-electron chi connectivity index (χ0n) is 10.8. The lowest BCUT2D eigenvalue weighted by atomic mass is 9.97. The standard InChI is InChI=1S/C12H17N3O3S/c1-2-9-4-13-10(19-9)5-14-12(18)15-6-8(7-15)3-11(16)17/h4,8H,2-3,5-7H2,1H3,(H,14,18)(H,16,17). The van der Waals surface area contributed by atoms with Gasteiger partial charge in [0.05, 0.1) is 13.0 Å². The highest BCUT2D eigenvalue weighted by atomic mass is 32.1. The number of aryl methyl sites for hydroxylation is 1. The number of thiazole rings is 1. The van der Waals surface area contributed by atoms with Crippen LogP contribution >= 0.6 is 11.3 Å². The maximum absolute atomic E-state index is 11.8. The Labute approximate surface area is 115 Å². The number of aliphatic carboxylic acids is 1. The second kappa shape index (κ2) is 6.01. The van der Waals surface area contributed by atoms with Crippen molar-refractivity contribution in [2.75, 3.05) is 13.1 Å². The van der Waals surface area contributed by atoms with Crippen molar-refractivity contribution in [1.82, 2.24) is 15.2 Å². The van der Waals surface area contributed by atoms with Gasteiger partial charge in [0.25, 0.3) is 0 Å². The number of nitrogens with one attached hydrogen (secondary N) is 1. The summed E-state index contributed by atoms with van der Waals surface area (Å²) in [5, 5.41) is 12.3. The van der Waals surface area contributed by atoms with Gasteiger partial charge in [0.15, 0.2) is 0 Å². The average Bonchev–Trinajstić information content (AvgIpc) is 2.78. The van der Waals surface area contributed by atoms with Crippen LogP contribution in [-0.2, 0) is 17.8 Å². The Balaban J connectivity index is 1.70. The van der Waals surface area contributed by atoms with E-state index in [-0.39, 0.29) is 18.4 Å². The molecule has 1 aromatic rings. The Morgan fingerprint density at radius 3 is 2.89 bits per heavy atom. The Hall–Kier alpha value is -1.63. The van der Waals surface area contributed by atoms with Crippen molar-refractivity contribution >= 4 is 23.3 Å². The summed E-state index contributed by atoms with van der Waals surface area (Å²) in [5.74, 6) is -0.713. The van der Waals surface area contributed by atoms with Crippen LogP contribution in [0.4, 0.5) is 4.79 Å². The van der Waals surface area contributed by atoms with E-state index in [9.17, 15) is 9.59 Å². The summed E-state index contributed by atoms with van der Waals surface area (Å²) < 4.78 is 0. The largest absolute Gasteiger partial charge is 0.481 e. The number of nitrogens with zero attached hydrogens (tertiary/aromatic N) is 2. The summed E-state index contributed by atoms with van der Waals surface area (Å²) in [5.41, 5.74) is 0. The van der Waals surface area contributed by atoms with Crippen molar-refractivity contribution in [1.29, 1.82) is 0 Å². The maximum Gasteiger partial charge on any atom is 0.317 e. The van der Waals surface area contributed by atoms with Crippen LogP contribution in [0.1, 0.15) is 23.2 Å². The van der Waals surface area contributed by atoms with Crippen LogP contribution in [-0.4, -0.2) is 40.1 Å². The third-order valence-corrected chi connectivity index (χ3v) is 4.19. The number of rotatable bonds is 5. The minimum atomic E-state index is -0.806. The smallest absolute Gasteiger partial charge is 0.317 e. The molecule has 1 aliphatic rings. The predicted molar refractivity (Wildman–Crippen MR) is 71.0 cm³/mol. The maximum atomic E-state index is 11.8. The fourth-order valence-corrected chi connectivity index (χ4v) is 2.77. The van der Waals surface area contributed by atoms with E-state index < -0.39 is 5.97 Å². The monoisotopic (exact) mass is 283 g/mol. The molecule has 0 atom stereocenters. The lowest BCUT2D eigenvalue weighted by Gasteiger charge is -2.38. The molecule has 1 aromatic heterocycles. The minimum Gasteiger partial charge on any atom is -0.481 e. The second-order valence-corrected chi connectivity index (χ2v) is 5.80. The zero-order valence-corrected chi connectivity index (χ0v) is 11.6. The second-order valence-electron chi connectivity index (χ2n) is 4.60. The molecule has 0 aromatic carbocycles. The summed E-state index contributed by atoms with van der Waals surface area (Å²) >= 11 is 1.60. The van der Waals surface area contributed by atoms with E-state index in [1.54, 1.807) is 16.2 Å². The third kappa shape index (κ3) is 3.66. The average molecular weight is 283 g/mol. The van der Waals surface area contributed by atoms with Crippen molar-refractivity contribution < 1.29 is 14.7 Å². The molecular formula is C12H17N3O3S. The van der Waals surface area contributed by atoms with Gasteiger partial charge in [-0.3, -0.25) is 4.79 Å². The van der Waals surface area contributed by atoms with Gasteiger partial charge in [-0.05, 0) is 6.42 Å². The third-order valence-electron chi connectivity index (χ3n) is 3.05. The van der Waals surface area contributed by atoms with Crippen LogP contribution < -0.4 is 5.32 Å². The van der Waals surface area contributed by atoms with E-state index in [0.29, 0.717) is 19.6 Å². The Morgan fingerprint density at radius 2 is 2.32 bits per heavy atom. The molecule has 0 radical (unpaired) electrons. The molecule has 0 bridgehead atoms. The van der Waals surface area contributed by atoms with Crippen LogP contribution in [0.5, 0.6) is 0 Å². The highest BCUT2D eigenvalue weighted by molar-refractivity contribution is 7.11. The van der Waals surface area contributed by atoms with E-state index in [1.165, 1.54) is 4.88 Å². The normalized spacial score (nSPS) is 15.1. The quantitative estimate of drug-likeness (QED) is 0.854. The SMILES string of the molecule is CCc1cnc(CNC(=O)N2CC(CC(=O)O)C2)s1. The molecular weight excluding hydrogens is 266 g/mol. The topological polar surface area (TPSA) is 82.5 Å². The van der Waals surface area contributed by atoms with Gasteiger partial charge in [-0.15, -0.1) is 11.3 Å². The number of urea groups is 1. The van der Waals surface area contributed by atoms with Gasteiger partial charge in [0.1, 0.15) is 5.01 Å². The molecule has 0 unspecified atom stereocenters. The molecule has 2 amide bonds. The summed E-state index contributed by atoms with van der Waals surface area (Å²) in [6.45, 7) is 3.55. The lowest BCUT2D eigenvalue weighted by Crippen LogP contribution is -2.54. The van der Waals surface area contributed by atoms with Crippen LogP contribution in [0.15, 0.2) is 6.20 Å². The predicted octanol–water partition coefficient (Wildman–Crippen LogP) is 1.32. The summed E-state index contributed by atoms with van der Waals surface area (Å²) in [6, 6.07) is -0.144. The molecule has 1 saturated heterocycles. The van der Waals surface area contributed by atoms with E-state index in [1.807, 2.05) is 6.20 Å². The first-order valence-corrected chi connectivity index (χ1v) is 7.08. The van der Waals surface area contributed by atoms with Crippen molar-refractivity contribution in [2.45, 2.75) is 26.3 Å². The fourth-order valence-electron chi connectivity index (χ4n) is 1.97. The molecule has 2 heterocycles. The first-order valence-electron chi connectivity index (χ1n) is 6.26. The number of carbonyl (C=O) groups is 2. The van der Waals surface area contributed by atoms with Gasteiger partial charge in [-0.1, -0.05) is 6.92 Å². The van der Waals surface area contributed by atoms with Crippen LogP contribution in [0.3, 0.4) is 0 Å². The van der Waals surface area contributed by atoms with Gasteiger partial charge < -0.3 is 15.3 Å². The molecule has 7 heteroatoms. The zero-order chi connectivity index (χ0) is 13.8. The van der Waals surface area contributed by atoms with Gasteiger partial charge >= 0.3 is 12.0 Å². The lowest BCUT2D eigenvalue weighted by molar-refractivity contribution is -0.139. The number of amides is 2. The summed E-state index contributed by atoms with van der Waals surface area (Å²) in [6.07, 6.45) is 2.92. The number of likely N-dealkylation sites (tertiary alicyclic amines) is 1. The number of carboxylic acid groups (broad SMARTS) is 1. The van der Waals surface area contributed by atoms with Crippen molar-refractivity contribution in [2.24, 2.45) is 5.92 Å². The first-order chi connectivity index (χ1) is 9.08. The number of hydrogen-bond acceptors (Lipinski definition) is 4. The number of carbonyl (C=O) groups excluding carboxylic acids is 1. The van der Waals surface area contributed by atoms with E-state index in [4.69, 9.17) is 5.11 Å². The molecule has 2 rings (SSSR count). The fraction of sp³-hybridized carbons (Fsp3) is 0.583. The Morgan fingerprint density at radius 1 is 1.58 bits per heavy atom. The Bertz CT molecular complexity index is 469. The van der Waals surface area contributed by atoms with Crippen LogP contribution in [0, 0.1) is 5.92 Å². The molecule has 1 fully saturated rings. The van der Waals surface area contributed by atoms with Crippen molar-refractivity contribution in [3.05, 3.63) is 16.1 Å². The molecule has 19 heavy (non-hydrogen) atoms. The van der Waals surface area contributed by atoms with Crippen LogP contribution in [0.25, 0.3) is 0 Å². The molecule has 0 aliphatic carbocycles. The van der Waals surface area contributed by atoms with Gasteiger partial charge in [-0.25, -0.2) is 9.78 Å². The molecule has 6 nitrogen and oxygen atoms in total. The number of hydrogen-bond donors (Lipinski definition) is 2. The van der Waals surface area contributed by atoms with Gasteiger partial charge in [0, 0.05) is 30.1 Å². The number of carboxylic acids is 1. The van der Waals surface area contributed by atoms with E-state index >= 15 is 0 Å². The highest BCUT2D eigenvalue weighted by Crippen LogP contribution is 2.19. The van der Waals surface area contributed by atoms with Gasteiger partial charge in [0.2, 0.25) is 0 Å². The minimum absolute atomic E-state index is 0.0924.